The molecular weight excluding hydrogens is 345 g/mol. The second-order valence-corrected chi connectivity index (χ2v) is 6.85. The van der Waals surface area contributed by atoms with Crippen LogP contribution >= 0.6 is 0 Å². The number of hydrogen-bond donors (Lipinski definition) is 0. The zero-order chi connectivity index (χ0) is 18.8. The molecular formula is C20H20FN5O. The van der Waals surface area contributed by atoms with Crippen molar-refractivity contribution >= 4 is 5.91 Å². The molecule has 27 heavy (non-hydrogen) atoms. The van der Waals surface area contributed by atoms with Crippen LogP contribution in [0.5, 0.6) is 0 Å². The Bertz CT molecular complexity index is 970. The van der Waals surface area contributed by atoms with Crippen LogP contribution in [-0.4, -0.2) is 43.4 Å². The Labute approximate surface area is 156 Å². The van der Waals surface area contributed by atoms with Gasteiger partial charge in [-0.15, -0.1) is 0 Å². The third-order valence-electron chi connectivity index (χ3n) is 4.95. The van der Waals surface area contributed by atoms with Gasteiger partial charge >= 0.3 is 0 Å². The zero-order valence-corrected chi connectivity index (χ0v) is 15.0. The number of imidazole rings is 1. The first-order chi connectivity index (χ1) is 13.1. The van der Waals surface area contributed by atoms with E-state index in [4.69, 9.17) is 0 Å². The minimum Gasteiger partial charge on any atom is -0.338 e. The third-order valence-corrected chi connectivity index (χ3v) is 4.95. The minimum atomic E-state index is -0.471. The molecule has 6 nitrogen and oxygen atoms in total. The van der Waals surface area contributed by atoms with Crippen LogP contribution in [0.1, 0.15) is 22.5 Å². The standard InChI is InChI=1S/C20H20FN5O/c1-25-9-7-22-19(25)18-11-15(23-13-24-18)10-14-6-8-26(12-14)20(27)16-4-2-3-5-17(16)21/h2-5,7,9,11,13-14H,6,8,10,12H2,1H3. The number of benzene rings is 1. The summed E-state index contributed by atoms with van der Waals surface area (Å²) in [4.78, 5) is 27.3. The van der Waals surface area contributed by atoms with E-state index in [9.17, 15) is 9.18 Å². The highest BCUT2D eigenvalue weighted by Gasteiger charge is 2.28. The van der Waals surface area contributed by atoms with Gasteiger partial charge in [0.2, 0.25) is 0 Å². The number of rotatable bonds is 4. The molecule has 3 heterocycles. The smallest absolute Gasteiger partial charge is 0.256 e. The molecule has 0 bridgehead atoms. The lowest BCUT2D eigenvalue weighted by molar-refractivity contribution is 0.0782. The lowest BCUT2D eigenvalue weighted by Gasteiger charge is -2.17. The monoisotopic (exact) mass is 365 g/mol. The SMILES string of the molecule is Cn1ccnc1-c1cc(CC2CCN(C(=O)c3ccccc3F)C2)ncn1. The van der Waals surface area contributed by atoms with Gasteiger partial charge in [0.15, 0.2) is 5.82 Å². The summed E-state index contributed by atoms with van der Waals surface area (Å²) in [6.45, 7) is 1.24. The molecule has 1 aromatic carbocycles. The van der Waals surface area contributed by atoms with Gasteiger partial charge in [-0.05, 0) is 37.0 Å². The summed E-state index contributed by atoms with van der Waals surface area (Å²) >= 11 is 0. The summed E-state index contributed by atoms with van der Waals surface area (Å²) < 4.78 is 15.8. The quantitative estimate of drug-likeness (QED) is 0.713. The van der Waals surface area contributed by atoms with E-state index in [0.717, 1.165) is 30.1 Å². The van der Waals surface area contributed by atoms with E-state index in [1.807, 2.05) is 23.9 Å². The number of carbonyl (C=O) groups excluding carboxylic acids is 1. The van der Waals surface area contributed by atoms with Gasteiger partial charge in [0, 0.05) is 38.2 Å². The van der Waals surface area contributed by atoms with Crippen LogP contribution in [0.2, 0.25) is 0 Å². The van der Waals surface area contributed by atoms with Crippen molar-refractivity contribution in [3.8, 4) is 11.5 Å². The van der Waals surface area contributed by atoms with Crippen molar-refractivity contribution in [1.29, 1.82) is 0 Å². The Morgan fingerprint density at radius 3 is 2.89 bits per heavy atom. The first-order valence-electron chi connectivity index (χ1n) is 8.94. The summed E-state index contributed by atoms with van der Waals surface area (Å²) in [6.07, 6.45) is 6.79. The number of amides is 1. The molecule has 0 saturated carbocycles. The Balaban J connectivity index is 1.44. The molecule has 0 spiro atoms. The van der Waals surface area contributed by atoms with E-state index in [0.29, 0.717) is 19.0 Å². The molecule has 4 rings (SSSR count). The summed E-state index contributed by atoms with van der Waals surface area (Å²) in [5, 5.41) is 0. The van der Waals surface area contributed by atoms with Gasteiger partial charge in [-0.1, -0.05) is 12.1 Å². The normalized spacial score (nSPS) is 16.7. The van der Waals surface area contributed by atoms with Gasteiger partial charge in [0.05, 0.1) is 5.56 Å². The molecule has 1 aliphatic rings. The van der Waals surface area contributed by atoms with Crippen molar-refractivity contribution in [1.82, 2.24) is 24.4 Å². The van der Waals surface area contributed by atoms with Gasteiger partial charge in [-0.25, -0.2) is 19.3 Å². The van der Waals surface area contributed by atoms with Gasteiger partial charge in [-0.3, -0.25) is 4.79 Å². The molecule has 1 amide bonds. The van der Waals surface area contributed by atoms with Crippen LogP contribution in [-0.2, 0) is 13.5 Å². The molecule has 0 N–H and O–H groups in total. The fourth-order valence-electron chi connectivity index (χ4n) is 3.53. The van der Waals surface area contributed by atoms with E-state index in [1.165, 1.54) is 12.1 Å². The largest absolute Gasteiger partial charge is 0.338 e. The lowest BCUT2D eigenvalue weighted by atomic mass is 10.0. The van der Waals surface area contributed by atoms with E-state index >= 15 is 0 Å². The zero-order valence-electron chi connectivity index (χ0n) is 15.0. The highest BCUT2D eigenvalue weighted by Crippen LogP contribution is 2.24. The molecule has 1 saturated heterocycles. The highest BCUT2D eigenvalue weighted by atomic mass is 19.1. The maximum absolute atomic E-state index is 13.9. The number of hydrogen-bond acceptors (Lipinski definition) is 4. The number of likely N-dealkylation sites (tertiary alicyclic amines) is 1. The summed E-state index contributed by atoms with van der Waals surface area (Å²) in [5.41, 5.74) is 1.84. The lowest BCUT2D eigenvalue weighted by Crippen LogP contribution is -2.29. The van der Waals surface area contributed by atoms with Crippen LogP contribution in [0.3, 0.4) is 0 Å². The van der Waals surface area contributed by atoms with Crippen molar-refractivity contribution in [3.05, 3.63) is 66.1 Å². The van der Waals surface area contributed by atoms with E-state index in [1.54, 1.807) is 29.6 Å². The highest BCUT2D eigenvalue weighted by molar-refractivity contribution is 5.94. The number of aryl methyl sites for hydroxylation is 1. The van der Waals surface area contributed by atoms with Gasteiger partial charge in [0.1, 0.15) is 17.8 Å². The molecule has 1 atom stereocenters. The Morgan fingerprint density at radius 2 is 2.11 bits per heavy atom. The summed E-state index contributed by atoms with van der Waals surface area (Å²) in [6, 6.07) is 8.08. The van der Waals surface area contributed by atoms with Crippen molar-refractivity contribution in [3.63, 3.8) is 0 Å². The van der Waals surface area contributed by atoms with Gasteiger partial charge in [0.25, 0.3) is 5.91 Å². The fourth-order valence-corrected chi connectivity index (χ4v) is 3.53. The van der Waals surface area contributed by atoms with Crippen molar-refractivity contribution in [2.24, 2.45) is 13.0 Å². The van der Waals surface area contributed by atoms with Crippen LogP contribution in [0.15, 0.2) is 49.1 Å². The second-order valence-electron chi connectivity index (χ2n) is 6.85. The molecule has 0 aliphatic carbocycles. The number of halogens is 1. The summed E-state index contributed by atoms with van der Waals surface area (Å²) in [5.74, 6) is 0.375. The topological polar surface area (TPSA) is 63.9 Å². The third kappa shape index (κ3) is 3.58. The number of carbonyl (C=O) groups is 1. The average molecular weight is 365 g/mol. The maximum atomic E-state index is 13.9. The molecule has 1 aliphatic heterocycles. The molecule has 2 aromatic heterocycles. The second kappa shape index (κ2) is 7.26. The minimum absolute atomic E-state index is 0.136. The molecule has 138 valence electrons. The van der Waals surface area contributed by atoms with Crippen molar-refractivity contribution < 1.29 is 9.18 Å². The Morgan fingerprint density at radius 1 is 1.26 bits per heavy atom. The average Bonchev–Trinajstić information content (AvgIpc) is 3.31. The first kappa shape index (κ1) is 17.3. The van der Waals surface area contributed by atoms with Crippen LogP contribution < -0.4 is 0 Å². The van der Waals surface area contributed by atoms with Crippen molar-refractivity contribution in [2.45, 2.75) is 12.8 Å². The van der Waals surface area contributed by atoms with E-state index in [2.05, 4.69) is 15.0 Å². The molecule has 1 unspecified atom stereocenters. The molecule has 0 radical (unpaired) electrons. The Hall–Kier alpha value is -3.09. The number of nitrogens with zero attached hydrogens (tertiary/aromatic N) is 5. The first-order valence-corrected chi connectivity index (χ1v) is 8.94. The summed E-state index contributed by atoms with van der Waals surface area (Å²) in [7, 11) is 1.92. The molecule has 3 aromatic rings. The van der Waals surface area contributed by atoms with Gasteiger partial charge in [-0.2, -0.15) is 0 Å². The maximum Gasteiger partial charge on any atom is 0.256 e. The van der Waals surface area contributed by atoms with E-state index < -0.39 is 5.82 Å². The molecule has 1 fully saturated rings. The fraction of sp³-hybridized carbons (Fsp3) is 0.300. The predicted octanol–water partition coefficient (Wildman–Crippen LogP) is 2.72. The number of aromatic nitrogens is 4. The van der Waals surface area contributed by atoms with Gasteiger partial charge < -0.3 is 9.47 Å². The molecule has 7 heteroatoms. The van der Waals surface area contributed by atoms with Crippen LogP contribution in [0.4, 0.5) is 4.39 Å². The van der Waals surface area contributed by atoms with Crippen LogP contribution in [0, 0.1) is 11.7 Å². The van der Waals surface area contributed by atoms with Crippen LogP contribution in [0.25, 0.3) is 11.5 Å². The predicted molar refractivity (Wildman–Crippen MR) is 98.3 cm³/mol. The van der Waals surface area contributed by atoms with E-state index in [-0.39, 0.29) is 11.5 Å². The van der Waals surface area contributed by atoms with Crippen molar-refractivity contribution in [2.75, 3.05) is 13.1 Å². The Kier molecular flexibility index (Phi) is 4.66.